The van der Waals surface area contributed by atoms with Crippen LogP contribution in [0.5, 0.6) is 0 Å². The average molecular weight is 224 g/mol. The second-order valence-electron chi connectivity index (χ2n) is 3.70. The molecule has 1 N–H and O–H groups in total. The van der Waals surface area contributed by atoms with Crippen LogP contribution in [0.3, 0.4) is 0 Å². The van der Waals surface area contributed by atoms with Crippen LogP contribution in [0, 0.1) is 11.7 Å². The van der Waals surface area contributed by atoms with Gasteiger partial charge in [0.05, 0.1) is 18.3 Å². The molecule has 0 fully saturated rings. The first-order valence-electron chi connectivity index (χ1n) is 4.92. The van der Waals surface area contributed by atoms with E-state index in [4.69, 9.17) is 0 Å². The Labute approximate surface area is 92.9 Å². The van der Waals surface area contributed by atoms with E-state index >= 15 is 0 Å². The van der Waals surface area contributed by atoms with Crippen LogP contribution in [0.2, 0.25) is 0 Å². The molecule has 0 bridgehead atoms. The molecule has 0 aliphatic carbocycles. The number of rotatable bonds is 4. The van der Waals surface area contributed by atoms with Gasteiger partial charge < -0.3 is 5.32 Å². The van der Waals surface area contributed by atoms with E-state index in [-0.39, 0.29) is 23.8 Å². The monoisotopic (exact) mass is 224 g/mol. The Hall–Kier alpha value is -1.78. The smallest absolute Gasteiger partial charge is 0.253 e. The summed E-state index contributed by atoms with van der Waals surface area (Å²) in [5.74, 6) is -1.28. The van der Waals surface area contributed by atoms with Crippen molar-refractivity contribution in [2.24, 2.45) is 5.92 Å². The number of ketones is 1. The Morgan fingerprint density at radius 3 is 2.69 bits per heavy atom. The number of nitrogens with one attached hydrogen (secondary N) is 1. The molecule has 0 atom stereocenters. The van der Waals surface area contributed by atoms with Gasteiger partial charge in [-0.2, -0.15) is 0 Å². The molecular formula is C11H13FN2O2. The van der Waals surface area contributed by atoms with Crippen LogP contribution in [-0.4, -0.2) is 23.2 Å². The highest BCUT2D eigenvalue weighted by Gasteiger charge is 2.11. The minimum atomic E-state index is -0.581. The van der Waals surface area contributed by atoms with Gasteiger partial charge in [-0.15, -0.1) is 0 Å². The van der Waals surface area contributed by atoms with E-state index in [9.17, 15) is 14.0 Å². The lowest BCUT2D eigenvalue weighted by Crippen LogP contribution is -2.31. The molecule has 0 spiro atoms. The van der Waals surface area contributed by atoms with E-state index in [1.807, 2.05) is 0 Å². The number of Topliss-reactive ketones (excluding diaryl/α,β-unsaturated/α-hetero) is 1. The number of nitrogens with zero attached hydrogens (tertiary/aromatic N) is 1. The van der Waals surface area contributed by atoms with Crippen molar-refractivity contribution in [3.8, 4) is 0 Å². The number of carbonyl (C=O) groups excluding carboxylic acids is 2. The summed E-state index contributed by atoms with van der Waals surface area (Å²) in [5, 5.41) is 2.41. The zero-order valence-electron chi connectivity index (χ0n) is 9.16. The quantitative estimate of drug-likeness (QED) is 0.835. The third kappa shape index (κ3) is 3.42. The molecule has 16 heavy (non-hydrogen) atoms. The first-order chi connectivity index (χ1) is 7.50. The summed E-state index contributed by atoms with van der Waals surface area (Å²) in [6, 6.07) is 1.07. The van der Waals surface area contributed by atoms with Crippen molar-refractivity contribution in [3.63, 3.8) is 0 Å². The summed E-state index contributed by atoms with van der Waals surface area (Å²) in [6.45, 7) is 3.45. The van der Waals surface area contributed by atoms with Crippen LogP contribution in [0.15, 0.2) is 18.5 Å². The molecular weight excluding hydrogens is 211 g/mol. The van der Waals surface area contributed by atoms with Gasteiger partial charge in [0, 0.05) is 12.1 Å². The van der Waals surface area contributed by atoms with Crippen LogP contribution >= 0.6 is 0 Å². The van der Waals surface area contributed by atoms with Crippen molar-refractivity contribution in [2.75, 3.05) is 6.54 Å². The van der Waals surface area contributed by atoms with Gasteiger partial charge in [-0.25, -0.2) is 4.39 Å². The highest BCUT2D eigenvalue weighted by Crippen LogP contribution is 2.00. The Morgan fingerprint density at radius 1 is 1.44 bits per heavy atom. The summed E-state index contributed by atoms with van der Waals surface area (Å²) in [4.78, 5) is 26.2. The number of halogens is 1. The number of amides is 1. The van der Waals surface area contributed by atoms with Gasteiger partial charge in [0.25, 0.3) is 5.91 Å². The van der Waals surface area contributed by atoms with Crippen molar-refractivity contribution < 1.29 is 14.0 Å². The summed E-state index contributed by atoms with van der Waals surface area (Å²) in [6.07, 6.45) is 2.26. The van der Waals surface area contributed by atoms with Crippen molar-refractivity contribution in [1.82, 2.24) is 10.3 Å². The maximum atomic E-state index is 12.7. The minimum absolute atomic E-state index is 0.0486. The number of hydrogen-bond acceptors (Lipinski definition) is 3. The molecule has 1 aromatic rings. The van der Waals surface area contributed by atoms with Gasteiger partial charge in [0.15, 0.2) is 5.78 Å². The van der Waals surface area contributed by atoms with E-state index in [1.54, 1.807) is 13.8 Å². The zero-order chi connectivity index (χ0) is 12.1. The lowest BCUT2D eigenvalue weighted by Gasteiger charge is -2.06. The summed E-state index contributed by atoms with van der Waals surface area (Å²) < 4.78 is 12.7. The Kier molecular flexibility index (Phi) is 4.10. The molecule has 4 nitrogen and oxygen atoms in total. The lowest BCUT2D eigenvalue weighted by molar-refractivity contribution is -0.120. The van der Waals surface area contributed by atoms with Crippen molar-refractivity contribution in [2.45, 2.75) is 13.8 Å². The minimum Gasteiger partial charge on any atom is -0.345 e. The molecule has 1 amide bonds. The molecule has 0 aromatic carbocycles. The molecule has 1 aromatic heterocycles. The second kappa shape index (κ2) is 5.34. The van der Waals surface area contributed by atoms with E-state index in [2.05, 4.69) is 10.3 Å². The maximum absolute atomic E-state index is 12.7. The average Bonchev–Trinajstić information content (AvgIpc) is 2.25. The molecule has 86 valence electrons. The predicted molar refractivity (Wildman–Crippen MR) is 56.4 cm³/mol. The van der Waals surface area contributed by atoms with E-state index in [1.165, 1.54) is 6.20 Å². The Bertz CT molecular complexity index is 405. The highest BCUT2D eigenvalue weighted by molar-refractivity contribution is 5.96. The topological polar surface area (TPSA) is 59.1 Å². The fraction of sp³-hybridized carbons (Fsp3) is 0.364. The van der Waals surface area contributed by atoms with Gasteiger partial charge in [-0.05, 0) is 6.07 Å². The molecule has 0 unspecified atom stereocenters. The normalized spacial score (nSPS) is 10.2. The SMILES string of the molecule is CC(C)C(=O)CNC(=O)c1cncc(F)c1. The summed E-state index contributed by atoms with van der Waals surface area (Å²) in [7, 11) is 0. The number of aromatic nitrogens is 1. The van der Waals surface area contributed by atoms with Crippen LogP contribution in [0.4, 0.5) is 4.39 Å². The van der Waals surface area contributed by atoms with Gasteiger partial charge in [0.1, 0.15) is 5.82 Å². The number of carbonyl (C=O) groups is 2. The van der Waals surface area contributed by atoms with Crippen molar-refractivity contribution in [3.05, 3.63) is 29.8 Å². The molecule has 0 radical (unpaired) electrons. The standard InChI is InChI=1S/C11H13FN2O2/c1-7(2)10(15)6-14-11(16)8-3-9(12)5-13-4-8/h3-5,7H,6H2,1-2H3,(H,14,16). The second-order valence-corrected chi connectivity index (χ2v) is 3.70. The fourth-order valence-corrected chi connectivity index (χ4v) is 1.01. The molecule has 0 aliphatic rings. The lowest BCUT2D eigenvalue weighted by atomic mass is 10.1. The highest BCUT2D eigenvalue weighted by atomic mass is 19.1. The summed E-state index contributed by atoms with van der Waals surface area (Å²) in [5.41, 5.74) is 0.108. The van der Waals surface area contributed by atoms with Gasteiger partial charge >= 0.3 is 0 Å². The zero-order valence-corrected chi connectivity index (χ0v) is 9.16. The van der Waals surface area contributed by atoms with E-state index < -0.39 is 11.7 Å². The summed E-state index contributed by atoms with van der Waals surface area (Å²) >= 11 is 0. The molecule has 5 heteroatoms. The van der Waals surface area contributed by atoms with Crippen LogP contribution < -0.4 is 5.32 Å². The van der Waals surface area contributed by atoms with Crippen LogP contribution in [0.25, 0.3) is 0 Å². The van der Waals surface area contributed by atoms with Crippen LogP contribution in [-0.2, 0) is 4.79 Å². The Morgan fingerprint density at radius 2 is 2.12 bits per heavy atom. The van der Waals surface area contributed by atoms with E-state index in [0.717, 1.165) is 12.3 Å². The number of hydrogen-bond donors (Lipinski definition) is 1. The van der Waals surface area contributed by atoms with E-state index in [0.29, 0.717) is 0 Å². The third-order valence-corrected chi connectivity index (χ3v) is 2.03. The largest absolute Gasteiger partial charge is 0.345 e. The molecule has 0 saturated carbocycles. The van der Waals surface area contributed by atoms with Crippen LogP contribution in [0.1, 0.15) is 24.2 Å². The first-order valence-corrected chi connectivity index (χ1v) is 4.92. The third-order valence-electron chi connectivity index (χ3n) is 2.03. The number of pyridine rings is 1. The molecule has 0 aliphatic heterocycles. The van der Waals surface area contributed by atoms with Crippen molar-refractivity contribution >= 4 is 11.7 Å². The van der Waals surface area contributed by atoms with Gasteiger partial charge in [-0.3, -0.25) is 14.6 Å². The first kappa shape index (κ1) is 12.3. The Balaban J connectivity index is 2.57. The van der Waals surface area contributed by atoms with Gasteiger partial charge in [0.2, 0.25) is 0 Å². The maximum Gasteiger partial charge on any atom is 0.253 e. The molecule has 1 heterocycles. The molecule has 0 saturated heterocycles. The fourth-order valence-electron chi connectivity index (χ4n) is 1.01. The predicted octanol–water partition coefficient (Wildman–Crippen LogP) is 1.18. The van der Waals surface area contributed by atoms with Crippen molar-refractivity contribution in [1.29, 1.82) is 0 Å². The molecule has 1 rings (SSSR count). The van der Waals surface area contributed by atoms with Gasteiger partial charge in [-0.1, -0.05) is 13.8 Å².